The van der Waals surface area contributed by atoms with E-state index in [0.29, 0.717) is 68.8 Å². The quantitative estimate of drug-likeness (QED) is 0.0410. The molecule has 12 heterocycles. The SMILES string of the molecule is Brc1cscn1.CC(C)(C)OC(=O)N1CCc2c(c(-c3cscn3)nn2COCC[Si](C)(C)C)C1.CC(C)(C)OC(=O)N1CCc2c(c(B(O)O)nn2COCC[Si](C)(C)C)C1.Cl.O=C(Nc1cccc(Cl)c1)N1CCc2[nH]nc(-c3cscn3)c2C1.c1nc(-c2n[nH]c3c2CNCC3)cs1. The fraction of sp³-hybridized carbons (Fsp3) is 0.492. The zero-order valence-electron chi connectivity index (χ0n) is 59.1. The number of nitrogens with one attached hydrogen (secondary N) is 4. The average molecular weight is 1600 g/mol. The third kappa shape index (κ3) is 23.9. The highest BCUT2D eigenvalue weighted by molar-refractivity contribution is 9.10. The number of H-pyrrole nitrogens is 2. The van der Waals surface area contributed by atoms with Crippen LogP contribution in [0.2, 0.25) is 56.4 Å². The molecule has 546 valence electrons. The van der Waals surface area contributed by atoms with Crippen LogP contribution in [0, 0.1) is 0 Å². The third-order valence-corrected chi connectivity index (χ3v) is 22.5. The van der Waals surface area contributed by atoms with E-state index in [2.05, 4.69) is 111 Å². The summed E-state index contributed by atoms with van der Waals surface area (Å²) < 4.78 is 27.2. The van der Waals surface area contributed by atoms with Crippen molar-refractivity contribution in [2.24, 2.45) is 0 Å². The van der Waals surface area contributed by atoms with Crippen molar-refractivity contribution in [1.82, 2.24) is 79.9 Å². The van der Waals surface area contributed by atoms with Crippen molar-refractivity contribution in [3.05, 3.63) is 122 Å². The van der Waals surface area contributed by atoms with E-state index < -0.39 is 40.6 Å². The van der Waals surface area contributed by atoms with Crippen molar-refractivity contribution in [2.75, 3.05) is 44.7 Å². The normalized spacial score (nSPS) is 14.1. The third-order valence-electron chi connectivity index (χ3n) is 15.8. The number of hydrogen-bond donors (Lipinski definition) is 6. The van der Waals surface area contributed by atoms with Gasteiger partial charge in [0.05, 0.1) is 47.3 Å². The number of fused-ring (bicyclic) bond motifs is 4. The molecule has 13 rings (SSSR count). The molecular formula is C65H91BBrCl2N17O9S4Si2. The van der Waals surface area contributed by atoms with Gasteiger partial charge < -0.3 is 54.3 Å². The molecule has 4 aliphatic rings. The molecule has 1 aromatic carbocycles. The Morgan fingerprint density at radius 1 is 0.634 bits per heavy atom. The Bertz CT molecular complexity index is 4080. The predicted molar refractivity (Wildman–Crippen MR) is 411 cm³/mol. The smallest absolute Gasteiger partial charge is 0.444 e. The second-order valence-electron chi connectivity index (χ2n) is 28.5. The maximum absolute atomic E-state index is 12.6. The Hall–Kier alpha value is -6.25. The first-order valence-electron chi connectivity index (χ1n) is 32.9. The van der Waals surface area contributed by atoms with Crippen molar-refractivity contribution in [3.8, 4) is 34.2 Å². The van der Waals surface area contributed by atoms with Crippen LogP contribution in [0.4, 0.5) is 20.1 Å². The highest BCUT2D eigenvalue weighted by Crippen LogP contribution is 2.33. The maximum atomic E-state index is 12.6. The van der Waals surface area contributed by atoms with Gasteiger partial charge in [0, 0.05) is 165 Å². The minimum absolute atomic E-state index is 0. The highest BCUT2D eigenvalue weighted by atomic mass is 79.9. The number of aromatic amines is 2. The topological polar surface area (TPSA) is 307 Å². The van der Waals surface area contributed by atoms with Gasteiger partial charge >= 0.3 is 25.3 Å². The molecule has 8 aromatic heterocycles. The number of benzene rings is 1. The summed E-state index contributed by atoms with van der Waals surface area (Å²) in [5.74, 6) is 0. The molecule has 0 unspecified atom stereocenters. The van der Waals surface area contributed by atoms with Gasteiger partial charge in [-0.05, 0) is 87.8 Å². The van der Waals surface area contributed by atoms with E-state index in [1.54, 1.807) is 82.1 Å². The number of nitrogens with zero attached hydrogens (tertiary/aromatic N) is 13. The van der Waals surface area contributed by atoms with Gasteiger partial charge in [-0.15, -0.1) is 57.8 Å². The lowest BCUT2D eigenvalue weighted by Gasteiger charge is -2.30. The van der Waals surface area contributed by atoms with Crippen molar-refractivity contribution >= 4 is 138 Å². The largest absolute Gasteiger partial charge is 0.510 e. The standard InChI is InChI=1S/C20H32N4O3SSi.C17H32BN3O5Si.C16H14ClN5OS.C9H10N4S.C3H2BrNS.ClH/c1-20(2,3)27-19(25)23-8-7-17-15(11-23)18(16-12-28-13-21-16)22-24(17)14-26-9-10-29(4,5)6;1-17(2,3)26-16(22)20-8-7-14-13(11-20)15(18(23)24)19-21(14)12-25-9-10-27(4,5)6;17-10-2-1-3-11(6-10)19-16(23)22-5-4-13-12(7-22)15(21-20-13)14-8-24-9-18-14;1-2-10-3-6-7(1)12-13-9(6)8-4-14-5-11-8;4-3-1-6-2-5-3;/h12-13H,7-11,14H2,1-6H3;23-24H,7-12H2,1-6H3;1-3,6,8-9H,4-5,7H2,(H,19,23)(H,20,21);4-5,10H,1-3H2,(H,12,13);1-2H;1H. The molecule has 0 saturated carbocycles. The first-order chi connectivity index (χ1) is 47.5. The average Bonchev–Trinajstić information content (AvgIpc) is 1.66. The second kappa shape index (κ2) is 36.4. The van der Waals surface area contributed by atoms with Gasteiger partial charge in [0.2, 0.25) is 0 Å². The summed E-state index contributed by atoms with van der Waals surface area (Å²) in [5, 5.41) is 58.1. The molecule has 0 fully saturated rings. The first-order valence-corrected chi connectivity index (χ1v) is 45.3. The molecule has 0 atom stereocenters. The Balaban J connectivity index is 0.000000169. The van der Waals surface area contributed by atoms with E-state index >= 15 is 0 Å². The number of rotatable bonds is 15. The number of thiazole rings is 4. The van der Waals surface area contributed by atoms with Gasteiger partial charge in [-0.3, -0.25) is 10.2 Å². The summed E-state index contributed by atoms with van der Waals surface area (Å²) >= 11 is 15.4. The molecule has 4 amide bonds. The zero-order chi connectivity index (χ0) is 71.9. The first kappa shape index (κ1) is 80.4. The summed E-state index contributed by atoms with van der Waals surface area (Å²) in [7, 11) is -3.99. The van der Waals surface area contributed by atoms with Gasteiger partial charge in [0.25, 0.3) is 0 Å². The molecule has 0 spiro atoms. The highest BCUT2D eigenvalue weighted by Gasteiger charge is 2.35. The maximum Gasteiger partial charge on any atom is 0.510 e. The summed E-state index contributed by atoms with van der Waals surface area (Å²) in [6, 6.07) is 9.16. The summed E-state index contributed by atoms with van der Waals surface area (Å²) in [5.41, 5.74) is 20.7. The minimum atomic E-state index is -1.69. The molecule has 101 heavy (non-hydrogen) atoms. The molecule has 26 nitrogen and oxygen atoms in total. The lowest BCUT2D eigenvalue weighted by atomic mass is 9.81. The second-order valence-corrected chi connectivity index (χ2v) is 43.9. The van der Waals surface area contributed by atoms with Crippen LogP contribution < -0.4 is 16.2 Å². The molecule has 36 heteroatoms. The van der Waals surface area contributed by atoms with Gasteiger partial charge in [-0.25, -0.2) is 43.7 Å². The number of anilines is 1. The molecule has 0 bridgehead atoms. The van der Waals surface area contributed by atoms with E-state index in [-0.39, 0.29) is 43.4 Å². The van der Waals surface area contributed by atoms with Crippen LogP contribution in [-0.2, 0) is 84.3 Å². The number of urea groups is 1. The predicted octanol–water partition coefficient (Wildman–Crippen LogP) is 13.1. The molecular weight excluding hydrogens is 1510 g/mol. The van der Waals surface area contributed by atoms with Crippen LogP contribution >= 0.6 is 85.3 Å². The fourth-order valence-electron chi connectivity index (χ4n) is 10.7. The molecule has 0 aliphatic carbocycles. The van der Waals surface area contributed by atoms with Crippen LogP contribution in [0.25, 0.3) is 34.2 Å². The van der Waals surface area contributed by atoms with Crippen molar-refractivity contribution in [1.29, 1.82) is 0 Å². The number of halogens is 3. The lowest BCUT2D eigenvalue weighted by Crippen LogP contribution is -2.43. The zero-order valence-corrected chi connectivity index (χ0v) is 67.5. The van der Waals surface area contributed by atoms with E-state index in [1.165, 1.54) is 22.6 Å². The van der Waals surface area contributed by atoms with Crippen LogP contribution in [0.15, 0.2) is 72.4 Å². The van der Waals surface area contributed by atoms with Gasteiger partial charge in [0.1, 0.15) is 63.4 Å². The number of ether oxygens (including phenoxy) is 4. The Morgan fingerprint density at radius 2 is 1.12 bits per heavy atom. The van der Waals surface area contributed by atoms with Crippen LogP contribution in [-0.4, -0.2) is 177 Å². The van der Waals surface area contributed by atoms with Crippen molar-refractivity contribution in [3.63, 3.8) is 0 Å². The Kier molecular flexibility index (Phi) is 29.0. The molecule has 0 saturated heterocycles. The number of amides is 4. The van der Waals surface area contributed by atoms with Gasteiger partial charge in [-0.2, -0.15) is 20.4 Å². The Morgan fingerprint density at radius 3 is 1.60 bits per heavy atom. The Labute approximate surface area is 627 Å². The number of carbonyl (C=O) groups is 3. The fourth-order valence-corrected chi connectivity index (χ4v) is 15.0. The van der Waals surface area contributed by atoms with Crippen LogP contribution in [0.3, 0.4) is 0 Å². The number of carbonyl (C=O) groups excluding carboxylic acids is 3. The minimum Gasteiger partial charge on any atom is -0.444 e. The molecule has 0 radical (unpaired) electrons. The van der Waals surface area contributed by atoms with Crippen LogP contribution in [0.5, 0.6) is 0 Å². The van der Waals surface area contributed by atoms with Crippen molar-refractivity contribution < 1.29 is 43.4 Å². The van der Waals surface area contributed by atoms with E-state index in [4.69, 9.17) is 35.6 Å². The number of hydrogen-bond acceptors (Lipinski definition) is 22. The van der Waals surface area contributed by atoms with E-state index in [1.807, 2.05) is 85.4 Å². The molecule has 4 aliphatic heterocycles. The van der Waals surface area contributed by atoms with E-state index in [0.717, 1.165) is 118 Å². The van der Waals surface area contributed by atoms with Crippen LogP contribution in [0.1, 0.15) is 86.6 Å². The lowest BCUT2D eigenvalue weighted by molar-refractivity contribution is 0.0208. The van der Waals surface area contributed by atoms with Gasteiger partial charge in [-0.1, -0.05) is 56.9 Å². The monoisotopic (exact) mass is 1600 g/mol. The summed E-state index contributed by atoms with van der Waals surface area (Å²) in [6.07, 6.45) is 2.37. The summed E-state index contributed by atoms with van der Waals surface area (Å²) in [6.45, 7) is 32.0. The summed E-state index contributed by atoms with van der Waals surface area (Å²) in [4.78, 5) is 59.4. The van der Waals surface area contributed by atoms with E-state index in [9.17, 15) is 24.4 Å². The number of aromatic nitrogens is 12. The van der Waals surface area contributed by atoms with Gasteiger partial charge in [0.15, 0.2) is 0 Å². The van der Waals surface area contributed by atoms with Crippen molar-refractivity contribution in [2.45, 2.75) is 169 Å². The molecule has 6 N–H and O–H groups in total. The molecule has 9 aromatic rings.